The van der Waals surface area contributed by atoms with E-state index in [9.17, 15) is 0 Å². The van der Waals surface area contributed by atoms with Crippen molar-refractivity contribution in [1.29, 1.82) is 0 Å². The van der Waals surface area contributed by atoms with Gasteiger partial charge in [0.05, 0.1) is 6.10 Å². The predicted octanol–water partition coefficient (Wildman–Crippen LogP) is 2.20. The first-order valence-corrected chi connectivity index (χ1v) is 6.60. The van der Waals surface area contributed by atoms with Crippen LogP contribution in [0.5, 0.6) is 0 Å². The highest BCUT2D eigenvalue weighted by Crippen LogP contribution is 2.12. The molecule has 4 nitrogen and oxygen atoms in total. The van der Waals surface area contributed by atoms with Crippen molar-refractivity contribution in [2.75, 3.05) is 26.0 Å². The van der Waals surface area contributed by atoms with Crippen molar-refractivity contribution < 1.29 is 4.74 Å². The molecule has 0 radical (unpaired) electrons. The van der Waals surface area contributed by atoms with Gasteiger partial charge in [0, 0.05) is 25.9 Å². The molecule has 18 heavy (non-hydrogen) atoms. The summed E-state index contributed by atoms with van der Waals surface area (Å²) in [6.07, 6.45) is 2.32. The monoisotopic (exact) mass is 251 g/mol. The molecular formula is C14H25N3O. The molecule has 0 amide bonds. The molecule has 0 aliphatic rings. The van der Waals surface area contributed by atoms with Crippen LogP contribution in [0.1, 0.15) is 31.5 Å². The summed E-state index contributed by atoms with van der Waals surface area (Å²) < 4.78 is 5.22. The van der Waals surface area contributed by atoms with Crippen LogP contribution in [0.4, 0.5) is 5.82 Å². The van der Waals surface area contributed by atoms with E-state index in [4.69, 9.17) is 4.74 Å². The third-order valence-electron chi connectivity index (χ3n) is 2.80. The Morgan fingerprint density at radius 2 is 2.17 bits per heavy atom. The summed E-state index contributed by atoms with van der Waals surface area (Å²) in [5, 5.41) is 6.51. The number of anilines is 1. The zero-order valence-corrected chi connectivity index (χ0v) is 11.9. The molecule has 0 saturated carbocycles. The highest BCUT2D eigenvalue weighted by atomic mass is 16.5. The second-order valence-electron chi connectivity index (χ2n) is 4.56. The van der Waals surface area contributed by atoms with Crippen LogP contribution in [-0.4, -0.2) is 31.8 Å². The van der Waals surface area contributed by atoms with Gasteiger partial charge in [-0.25, -0.2) is 4.98 Å². The SMILES string of the molecule is CCCc1cc(CNC)cc(NCC(C)OC)n1. The van der Waals surface area contributed by atoms with E-state index in [-0.39, 0.29) is 6.10 Å². The van der Waals surface area contributed by atoms with Crippen molar-refractivity contribution in [2.24, 2.45) is 0 Å². The second-order valence-corrected chi connectivity index (χ2v) is 4.56. The van der Waals surface area contributed by atoms with Gasteiger partial charge < -0.3 is 15.4 Å². The van der Waals surface area contributed by atoms with Crippen LogP contribution in [0, 0.1) is 0 Å². The first-order chi connectivity index (χ1) is 8.69. The summed E-state index contributed by atoms with van der Waals surface area (Å²) in [6.45, 7) is 5.86. The summed E-state index contributed by atoms with van der Waals surface area (Å²) in [5.41, 5.74) is 2.42. The van der Waals surface area contributed by atoms with E-state index in [0.29, 0.717) is 0 Å². The van der Waals surface area contributed by atoms with Crippen LogP contribution in [-0.2, 0) is 17.7 Å². The maximum Gasteiger partial charge on any atom is 0.126 e. The van der Waals surface area contributed by atoms with Gasteiger partial charge in [-0.15, -0.1) is 0 Å². The van der Waals surface area contributed by atoms with Crippen molar-refractivity contribution in [2.45, 2.75) is 39.3 Å². The smallest absolute Gasteiger partial charge is 0.126 e. The van der Waals surface area contributed by atoms with E-state index in [1.807, 2.05) is 14.0 Å². The fourth-order valence-corrected chi connectivity index (χ4v) is 1.76. The number of aromatic nitrogens is 1. The number of nitrogens with zero attached hydrogens (tertiary/aromatic N) is 1. The van der Waals surface area contributed by atoms with E-state index < -0.39 is 0 Å². The van der Waals surface area contributed by atoms with Gasteiger partial charge in [-0.05, 0) is 38.1 Å². The van der Waals surface area contributed by atoms with Crippen molar-refractivity contribution in [3.8, 4) is 0 Å². The number of hydrogen-bond donors (Lipinski definition) is 2. The van der Waals surface area contributed by atoms with Gasteiger partial charge in [-0.2, -0.15) is 0 Å². The minimum absolute atomic E-state index is 0.189. The predicted molar refractivity (Wildman–Crippen MR) is 76.0 cm³/mol. The van der Waals surface area contributed by atoms with Crippen molar-refractivity contribution in [1.82, 2.24) is 10.3 Å². The molecule has 1 heterocycles. The Kier molecular flexibility index (Phi) is 6.68. The number of rotatable bonds is 8. The van der Waals surface area contributed by atoms with Crippen LogP contribution >= 0.6 is 0 Å². The van der Waals surface area contributed by atoms with E-state index >= 15 is 0 Å². The van der Waals surface area contributed by atoms with Crippen LogP contribution in [0.25, 0.3) is 0 Å². The molecule has 2 N–H and O–H groups in total. The maximum atomic E-state index is 5.22. The van der Waals surface area contributed by atoms with Gasteiger partial charge >= 0.3 is 0 Å². The number of hydrogen-bond acceptors (Lipinski definition) is 4. The van der Waals surface area contributed by atoms with E-state index in [0.717, 1.165) is 37.4 Å². The van der Waals surface area contributed by atoms with Gasteiger partial charge in [0.25, 0.3) is 0 Å². The molecule has 1 atom stereocenters. The Hall–Kier alpha value is -1.13. The summed E-state index contributed by atoms with van der Waals surface area (Å²) in [5.74, 6) is 0.940. The Labute approximate surface area is 110 Å². The first-order valence-electron chi connectivity index (χ1n) is 6.60. The topological polar surface area (TPSA) is 46.2 Å². The number of pyridine rings is 1. The number of nitrogens with one attached hydrogen (secondary N) is 2. The third-order valence-corrected chi connectivity index (χ3v) is 2.80. The van der Waals surface area contributed by atoms with Gasteiger partial charge in [-0.3, -0.25) is 0 Å². The van der Waals surface area contributed by atoms with Gasteiger partial charge in [0.2, 0.25) is 0 Å². The molecule has 0 aliphatic heterocycles. The molecule has 0 bridgehead atoms. The number of ether oxygens (including phenoxy) is 1. The van der Waals surface area contributed by atoms with Crippen LogP contribution in [0.3, 0.4) is 0 Å². The molecule has 0 saturated heterocycles. The lowest BCUT2D eigenvalue weighted by Crippen LogP contribution is -2.19. The minimum Gasteiger partial charge on any atom is -0.380 e. The Bertz CT molecular complexity index is 331. The molecule has 102 valence electrons. The Balaban J connectivity index is 2.75. The van der Waals surface area contributed by atoms with Gasteiger partial charge in [-0.1, -0.05) is 13.3 Å². The van der Waals surface area contributed by atoms with Gasteiger partial charge in [0.1, 0.15) is 5.82 Å². The van der Waals surface area contributed by atoms with E-state index in [1.165, 1.54) is 5.56 Å². The summed E-state index contributed by atoms with van der Waals surface area (Å²) in [4.78, 5) is 4.62. The molecule has 0 aromatic carbocycles. The van der Waals surface area contributed by atoms with Crippen LogP contribution < -0.4 is 10.6 Å². The van der Waals surface area contributed by atoms with E-state index in [2.05, 4.69) is 34.7 Å². The summed E-state index contributed by atoms with van der Waals surface area (Å²) in [7, 11) is 3.68. The number of methoxy groups -OCH3 is 1. The average Bonchev–Trinajstić information content (AvgIpc) is 2.36. The quantitative estimate of drug-likeness (QED) is 0.743. The molecule has 0 aliphatic carbocycles. The first kappa shape index (κ1) is 14.9. The maximum absolute atomic E-state index is 5.22. The van der Waals surface area contributed by atoms with Crippen molar-refractivity contribution in [3.05, 3.63) is 23.4 Å². The molecule has 0 fully saturated rings. The minimum atomic E-state index is 0.189. The molecule has 1 aromatic heterocycles. The van der Waals surface area contributed by atoms with Crippen molar-refractivity contribution >= 4 is 5.82 Å². The molecule has 1 unspecified atom stereocenters. The Morgan fingerprint density at radius 3 is 2.78 bits per heavy atom. The third kappa shape index (κ3) is 5.02. The standard InChI is InChI=1S/C14H25N3O/c1-5-6-13-7-12(10-15-3)8-14(17-13)16-9-11(2)18-4/h7-8,11,15H,5-6,9-10H2,1-4H3,(H,16,17). The highest BCUT2D eigenvalue weighted by molar-refractivity contribution is 5.40. The molecule has 1 aromatic rings. The summed E-state index contributed by atoms with van der Waals surface area (Å²) in [6, 6.07) is 4.27. The zero-order valence-electron chi connectivity index (χ0n) is 11.9. The molecule has 4 heteroatoms. The van der Waals surface area contributed by atoms with Crippen LogP contribution in [0.2, 0.25) is 0 Å². The normalized spacial score (nSPS) is 12.4. The van der Waals surface area contributed by atoms with Gasteiger partial charge in [0.15, 0.2) is 0 Å². The largest absolute Gasteiger partial charge is 0.380 e. The lowest BCUT2D eigenvalue weighted by molar-refractivity contribution is 0.128. The Morgan fingerprint density at radius 1 is 1.39 bits per heavy atom. The number of aryl methyl sites for hydroxylation is 1. The lowest BCUT2D eigenvalue weighted by atomic mass is 10.1. The zero-order chi connectivity index (χ0) is 13.4. The fourth-order valence-electron chi connectivity index (χ4n) is 1.76. The second kappa shape index (κ2) is 8.06. The van der Waals surface area contributed by atoms with Crippen molar-refractivity contribution in [3.63, 3.8) is 0 Å². The summed E-state index contributed by atoms with van der Waals surface area (Å²) >= 11 is 0. The molecule has 0 spiro atoms. The van der Waals surface area contributed by atoms with Crippen LogP contribution in [0.15, 0.2) is 12.1 Å². The highest BCUT2D eigenvalue weighted by Gasteiger charge is 2.04. The lowest BCUT2D eigenvalue weighted by Gasteiger charge is -2.13. The molecule has 1 rings (SSSR count). The fraction of sp³-hybridized carbons (Fsp3) is 0.643. The molecular weight excluding hydrogens is 226 g/mol. The van der Waals surface area contributed by atoms with E-state index in [1.54, 1.807) is 7.11 Å². The average molecular weight is 251 g/mol.